The number of H-pyrrole nitrogens is 1. The normalized spacial score (nSPS) is 15.3. The number of fused-ring (bicyclic) bond motifs is 1. The molecule has 4 aromatic rings. The number of carbonyl (C=O) groups excluding carboxylic acids is 2. The number of aliphatic hydroxyl groups excluding tert-OH is 1. The molecule has 2 aromatic heterocycles. The fourth-order valence-electron chi connectivity index (χ4n) is 4.99. The minimum absolute atomic E-state index is 0.0357. The van der Waals surface area contributed by atoms with E-state index in [0.717, 1.165) is 51.9 Å². The first kappa shape index (κ1) is 25.3. The van der Waals surface area contributed by atoms with Crippen molar-refractivity contribution in [2.75, 3.05) is 39.2 Å². The minimum atomic E-state index is -0.657. The molecule has 1 fully saturated rings. The summed E-state index contributed by atoms with van der Waals surface area (Å²) in [4.78, 5) is 35.2. The number of aliphatic hydroxyl groups is 1. The molecule has 3 N–H and O–H groups in total. The Morgan fingerprint density at radius 1 is 1.13 bits per heavy atom. The maximum Gasteiger partial charge on any atom is 0.411 e. The molecule has 0 spiro atoms. The van der Waals surface area contributed by atoms with Gasteiger partial charge in [0.25, 0.3) is 5.91 Å². The third-order valence-corrected chi connectivity index (χ3v) is 7.00. The largest absolute Gasteiger partial charge is 0.496 e. The van der Waals surface area contributed by atoms with Crippen molar-refractivity contribution >= 4 is 28.7 Å². The molecule has 0 saturated carbocycles. The number of nitrogens with zero attached hydrogens (tertiary/aromatic N) is 2. The minimum Gasteiger partial charge on any atom is -0.496 e. The molecule has 1 aliphatic rings. The summed E-state index contributed by atoms with van der Waals surface area (Å²) >= 11 is 0. The van der Waals surface area contributed by atoms with Gasteiger partial charge in [-0.1, -0.05) is 24.3 Å². The van der Waals surface area contributed by atoms with Crippen molar-refractivity contribution in [1.82, 2.24) is 14.9 Å². The van der Waals surface area contributed by atoms with Gasteiger partial charge in [-0.05, 0) is 48.6 Å². The van der Waals surface area contributed by atoms with Gasteiger partial charge in [0.15, 0.2) is 0 Å². The number of aromatic amines is 1. The van der Waals surface area contributed by atoms with Crippen LogP contribution < -0.4 is 10.1 Å². The van der Waals surface area contributed by atoms with Gasteiger partial charge in [-0.25, -0.2) is 9.78 Å². The highest BCUT2D eigenvalue weighted by molar-refractivity contribution is 6.04. The fraction of sp³-hybridized carbons (Fsp3) is 0.276. The van der Waals surface area contributed by atoms with Gasteiger partial charge in [0.05, 0.1) is 25.5 Å². The molecule has 3 heterocycles. The average Bonchev–Trinajstić information content (AvgIpc) is 3.40. The van der Waals surface area contributed by atoms with E-state index in [1.54, 1.807) is 30.3 Å². The summed E-state index contributed by atoms with van der Waals surface area (Å²) in [6, 6.07) is 15.1. The number of ether oxygens (including phenoxy) is 2. The van der Waals surface area contributed by atoms with Gasteiger partial charge in [0.1, 0.15) is 11.4 Å². The zero-order chi connectivity index (χ0) is 26.6. The molecule has 1 atom stereocenters. The van der Waals surface area contributed by atoms with E-state index in [1.165, 1.54) is 7.11 Å². The van der Waals surface area contributed by atoms with Gasteiger partial charge in [-0.3, -0.25) is 10.1 Å². The van der Waals surface area contributed by atoms with Crippen LogP contribution >= 0.6 is 0 Å². The number of methoxy groups -OCH3 is 2. The first-order valence-electron chi connectivity index (χ1n) is 12.5. The van der Waals surface area contributed by atoms with Gasteiger partial charge in [0.2, 0.25) is 0 Å². The number of anilines is 1. The Hall–Kier alpha value is -4.37. The topological polar surface area (TPSA) is 117 Å². The zero-order valence-corrected chi connectivity index (χ0v) is 21.4. The standard InChI is InChI=1S/C29H30N4O5/c1-37-26-8-4-3-7-21(26)24-15-31-27-22(24)13-20(14-30-27)19-9-10-25(32-29(36)38-2)23(12-19)28(35)33-11-5-6-18(16-33)17-34/h3-4,7-10,12-15,18,34H,5-6,11,16-17H2,1-2H3,(H,30,31)(H,32,36). The van der Waals surface area contributed by atoms with Crippen LogP contribution in [0.2, 0.25) is 0 Å². The molecule has 0 radical (unpaired) electrons. The Kier molecular flexibility index (Phi) is 7.28. The second-order valence-electron chi connectivity index (χ2n) is 9.34. The Labute approximate surface area is 220 Å². The van der Waals surface area contributed by atoms with Gasteiger partial charge >= 0.3 is 6.09 Å². The average molecular weight is 515 g/mol. The van der Waals surface area contributed by atoms with E-state index in [4.69, 9.17) is 9.47 Å². The number of hydrogen-bond acceptors (Lipinski definition) is 6. The number of aromatic nitrogens is 2. The van der Waals surface area contributed by atoms with Crippen molar-refractivity contribution in [2.45, 2.75) is 12.8 Å². The lowest BCUT2D eigenvalue weighted by Gasteiger charge is -2.32. The van der Waals surface area contributed by atoms with E-state index in [-0.39, 0.29) is 18.4 Å². The third-order valence-electron chi connectivity index (χ3n) is 7.00. The van der Waals surface area contributed by atoms with E-state index in [2.05, 4.69) is 15.3 Å². The van der Waals surface area contributed by atoms with E-state index in [0.29, 0.717) is 24.3 Å². The molecule has 2 aromatic carbocycles. The van der Waals surface area contributed by atoms with Crippen LogP contribution in [0.15, 0.2) is 60.9 Å². The fourth-order valence-corrected chi connectivity index (χ4v) is 4.99. The highest BCUT2D eigenvalue weighted by Crippen LogP contribution is 2.36. The molecule has 9 nitrogen and oxygen atoms in total. The number of pyridine rings is 1. The second kappa shape index (κ2) is 10.9. The Balaban J connectivity index is 1.56. The molecular formula is C29H30N4O5. The van der Waals surface area contributed by atoms with Gasteiger partial charge in [0, 0.05) is 54.2 Å². The van der Waals surface area contributed by atoms with Gasteiger partial charge < -0.3 is 24.5 Å². The van der Waals surface area contributed by atoms with E-state index in [1.807, 2.05) is 42.6 Å². The van der Waals surface area contributed by atoms with Crippen molar-refractivity contribution in [3.8, 4) is 28.0 Å². The molecule has 1 aliphatic heterocycles. The van der Waals surface area contributed by atoms with Crippen molar-refractivity contribution < 1.29 is 24.2 Å². The highest BCUT2D eigenvalue weighted by Gasteiger charge is 2.26. The molecule has 0 bridgehead atoms. The number of nitrogens with one attached hydrogen (secondary N) is 2. The van der Waals surface area contributed by atoms with E-state index < -0.39 is 6.09 Å². The lowest BCUT2D eigenvalue weighted by molar-refractivity contribution is 0.0621. The van der Waals surface area contributed by atoms with Crippen LogP contribution in [0.25, 0.3) is 33.3 Å². The van der Waals surface area contributed by atoms with Crippen LogP contribution in [0.4, 0.5) is 10.5 Å². The van der Waals surface area contributed by atoms with Crippen LogP contribution in [0.3, 0.4) is 0 Å². The van der Waals surface area contributed by atoms with Gasteiger partial charge in [-0.2, -0.15) is 0 Å². The van der Waals surface area contributed by atoms with Gasteiger partial charge in [-0.15, -0.1) is 0 Å². The summed E-state index contributed by atoms with van der Waals surface area (Å²) in [5, 5.41) is 13.2. The van der Waals surface area contributed by atoms with Crippen LogP contribution in [-0.4, -0.2) is 65.9 Å². The molecular weight excluding hydrogens is 484 g/mol. The number of hydrogen-bond donors (Lipinski definition) is 3. The lowest BCUT2D eigenvalue weighted by Crippen LogP contribution is -2.41. The number of carbonyl (C=O) groups is 2. The summed E-state index contributed by atoms with van der Waals surface area (Å²) in [5.41, 5.74) is 4.94. The summed E-state index contributed by atoms with van der Waals surface area (Å²) < 4.78 is 10.3. The molecule has 5 rings (SSSR count). The maximum atomic E-state index is 13.6. The molecule has 38 heavy (non-hydrogen) atoms. The summed E-state index contributed by atoms with van der Waals surface area (Å²) in [5.74, 6) is 0.593. The molecule has 1 saturated heterocycles. The van der Waals surface area contributed by atoms with E-state index >= 15 is 0 Å². The van der Waals surface area contributed by atoms with Crippen LogP contribution in [0.5, 0.6) is 5.75 Å². The lowest BCUT2D eigenvalue weighted by atomic mass is 9.96. The molecule has 9 heteroatoms. The number of para-hydroxylation sites is 1. The summed E-state index contributed by atoms with van der Waals surface area (Å²) in [6.45, 7) is 1.10. The molecule has 0 aliphatic carbocycles. The van der Waals surface area contributed by atoms with Crippen molar-refractivity contribution in [3.05, 3.63) is 66.5 Å². The Bertz CT molecular complexity index is 1480. The molecule has 2 amide bonds. The quantitative estimate of drug-likeness (QED) is 0.336. The van der Waals surface area contributed by atoms with Crippen LogP contribution in [-0.2, 0) is 4.74 Å². The van der Waals surface area contributed by atoms with Crippen molar-refractivity contribution in [3.63, 3.8) is 0 Å². The first-order chi connectivity index (χ1) is 18.5. The SMILES string of the molecule is COC(=O)Nc1ccc(-c2cnc3[nH]cc(-c4ccccc4OC)c3c2)cc1C(=O)N1CCCC(CO)C1. The first-order valence-corrected chi connectivity index (χ1v) is 12.5. The van der Waals surface area contributed by atoms with Crippen molar-refractivity contribution in [2.24, 2.45) is 5.92 Å². The monoisotopic (exact) mass is 514 g/mol. The number of amides is 2. The Morgan fingerprint density at radius 2 is 1.97 bits per heavy atom. The predicted molar refractivity (Wildman–Crippen MR) is 145 cm³/mol. The summed E-state index contributed by atoms with van der Waals surface area (Å²) in [6.07, 6.45) is 4.70. The number of benzene rings is 2. The predicted octanol–water partition coefficient (Wildman–Crippen LogP) is 4.93. The van der Waals surface area contributed by atoms with Crippen LogP contribution in [0.1, 0.15) is 23.2 Å². The van der Waals surface area contributed by atoms with Crippen molar-refractivity contribution in [1.29, 1.82) is 0 Å². The number of likely N-dealkylation sites (tertiary alicyclic amines) is 1. The smallest absolute Gasteiger partial charge is 0.411 e. The molecule has 1 unspecified atom stereocenters. The summed E-state index contributed by atoms with van der Waals surface area (Å²) in [7, 11) is 2.92. The second-order valence-corrected chi connectivity index (χ2v) is 9.34. The number of piperidine rings is 1. The molecule has 196 valence electrons. The number of rotatable bonds is 6. The maximum absolute atomic E-state index is 13.6. The van der Waals surface area contributed by atoms with E-state index in [9.17, 15) is 14.7 Å². The Morgan fingerprint density at radius 3 is 2.76 bits per heavy atom. The van der Waals surface area contributed by atoms with Crippen LogP contribution in [0, 0.1) is 5.92 Å². The zero-order valence-electron chi connectivity index (χ0n) is 21.4. The third kappa shape index (κ3) is 4.92. The highest BCUT2D eigenvalue weighted by atomic mass is 16.5.